The van der Waals surface area contributed by atoms with Crippen molar-refractivity contribution >= 4 is 27.4 Å². The van der Waals surface area contributed by atoms with Gasteiger partial charge in [-0.3, -0.25) is 4.57 Å². The third kappa shape index (κ3) is 3.11. The molecule has 0 aliphatic rings. The number of pyridine rings is 1. The Morgan fingerprint density at radius 3 is 3.04 bits per heavy atom. The number of nitrogens with one attached hydrogen (secondary N) is 1. The summed E-state index contributed by atoms with van der Waals surface area (Å²) < 4.78 is 4.91. The van der Waals surface area contributed by atoms with E-state index in [9.17, 15) is 10.3 Å². The summed E-state index contributed by atoms with van der Waals surface area (Å²) in [7, 11) is 0. The molecule has 0 aliphatic heterocycles. The summed E-state index contributed by atoms with van der Waals surface area (Å²) in [5.74, 6) is 1.33. The minimum absolute atomic E-state index is 0.139. The molecule has 0 atom stereocenters. The minimum Gasteiger partial charge on any atom is -0.619 e. The maximum atomic E-state index is 11.4. The zero-order chi connectivity index (χ0) is 18.1. The van der Waals surface area contributed by atoms with Gasteiger partial charge in [-0.2, -0.15) is 14.3 Å². The Morgan fingerprint density at radius 2 is 2.27 bits per heavy atom. The number of imidazole rings is 1. The van der Waals surface area contributed by atoms with Crippen molar-refractivity contribution in [1.29, 1.82) is 0 Å². The molecule has 0 saturated carbocycles. The van der Waals surface area contributed by atoms with Crippen molar-refractivity contribution in [3.8, 4) is 5.82 Å². The molecule has 0 unspecified atom stereocenters. The lowest BCUT2D eigenvalue weighted by Crippen LogP contribution is -2.25. The zero-order valence-electron chi connectivity index (χ0n) is 13.4. The van der Waals surface area contributed by atoms with Crippen molar-refractivity contribution in [1.82, 2.24) is 24.1 Å². The summed E-state index contributed by atoms with van der Waals surface area (Å²) in [6.45, 7) is 0.310. The van der Waals surface area contributed by atoms with Gasteiger partial charge in [-0.05, 0) is 22.0 Å². The molecule has 0 amide bonds. The van der Waals surface area contributed by atoms with Crippen LogP contribution in [0.15, 0.2) is 53.8 Å². The van der Waals surface area contributed by atoms with E-state index in [4.69, 9.17) is 0 Å². The van der Waals surface area contributed by atoms with Gasteiger partial charge < -0.3 is 15.6 Å². The number of hydrogen-bond donors (Lipinski definition) is 2. The van der Waals surface area contributed by atoms with Crippen molar-refractivity contribution in [2.45, 2.75) is 13.2 Å². The highest BCUT2D eigenvalue weighted by Crippen LogP contribution is 2.22. The van der Waals surface area contributed by atoms with E-state index in [1.807, 2.05) is 12.1 Å². The predicted molar refractivity (Wildman–Crippen MR) is 96.5 cm³/mol. The van der Waals surface area contributed by atoms with Gasteiger partial charge in [-0.25, -0.2) is 9.97 Å². The Labute approximate surface area is 156 Å². The predicted octanol–water partition coefficient (Wildman–Crippen LogP) is 1.42. The molecule has 4 heterocycles. The van der Waals surface area contributed by atoms with Crippen LogP contribution in [-0.4, -0.2) is 29.3 Å². The van der Waals surface area contributed by atoms with Crippen LogP contribution in [0.25, 0.3) is 11.5 Å². The second kappa shape index (κ2) is 6.73. The van der Waals surface area contributed by atoms with Gasteiger partial charge in [0, 0.05) is 30.4 Å². The van der Waals surface area contributed by atoms with E-state index in [1.54, 1.807) is 33.9 Å². The molecule has 0 radical (unpaired) electrons. The molecule has 0 aromatic carbocycles. The van der Waals surface area contributed by atoms with E-state index in [2.05, 4.69) is 36.3 Å². The lowest BCUT2D eigenvalue weighted by Gasteiger charge is -2.11. The van der Waals surface area contributed by atoms with Gasteiger partial charge in [0.05, 0.1) is 23.0 Å². The Balaban J connectivity index is 1.72. The molecule has 0 spiro atoms. The van der Waals surface area contributed by atoms with E-state index >= 15 is 0 Å². The molecule has 4 rings (SSSR count). The lowest BCUT2D eigenvalue weighted by molar-refractivity contribution is -0.605. The molecule has 10 heteroatoms. The fraction of sp³-hybridized carbons (Fsp3) is 0.125. The number of rotatable bonds is 5. The van der Waals surface area contributed by atoms with Gasteiger partial charge in [0.2, 0.25) is 0 Å². The zero-order valence-corrected chi connectivity index (χ0v) is 15.0. The van der Waals surface area contributed by atoms with E-state index in [-0.39, 0.29) is 6.61 Å². The highest BCUT2D eigenvalue weighted by molar-refractivity contribution is 9.10. The van der Waals surface area contributed by atoms with Gasteiger partial charge in [0.15, 0.2) is 18.0 Å². The first-order chi connectivity index (χ1) is 12.6. The smallest absolute Gasteiger partial charge is 0.185 e. The molecule has 4 aromatic rings. The SMILES string of the molecule is [O-][n+]1cccc(CNc2cc(-n3cnc(CO)c3)nc3c(Br)cnn23)c1. The number of aliphatic hydroxyl groups is 1. The van der Waals surface area contributed by atoms with E-state index in [0.717, 1.165) is 14.8 Å². The minimum atomic E-state index is -0.139. The first kappa shape index (κ1) is 16.5. The Hall–Kier alpha value is -2.98. The summed E-state index contributed by atoms with van der Waals surface area (Å²) in [4.78, 5) is 8.70. The van der Waals surface area contributed by atoms with Gasteiger partial charge >= 0.3 is 0 Å². The second-order valence-corrected chi connectivity index (χ2v) is 6.44. The molecular weight excluding hydrogens is 402 g/mol. The number of halogens is 1. The van der Waals surface area contributed by atoms with Gasteiger partial charge in [0.1, 0.15) is 18.0 Å². The normalized spacial score (nSPS) is 11.2. The van der Waals surface area contributed by atoms with Crippen molar-refractivity contribution in [2.75, 3.05) is 5.32 Å². The molecule has 0 aliphatic carbocycles. The largest absolute Gasteiger partial charge is 0.619 e. The number of aromatic nitrogens is 6. The summed E-state index contributed by atoms with van der Waals surface area (Å²) >= 11 is 3.45. The molecule has 0 bridgehead atoms. The van der Waals surface area contributed by atoms with Crippen LogP contribution in [0.5, 0.6) is 0 Å². The number of hydrogen-bond acceptors (Lipinski definition) is 6. The maximum absolute atomic E-state index is 11.4. The molecule has 2 N–H and O–H groups in total. The summed E-state index contributed by atoms with van der Waals surface area (Å²) in [5, 5.41) is 28.2. The third-order valence-electron chi connectivity index (χ3n) is 3.79. The fourth-order valence-electron chi connectivity index (χ4n) is 2.55. The highest BCUT2D eigenvalue weighted by atomic mass is 79.9. The first-order valence-electron chi connectivity index (χ1n) is 7.74. The Morgan fingerprint density at radius 1 is 1.38 bits per heavy atom. The van der Waals surface area contributed by atoms with Crippen molar-refractivity contribution in [3.63, 3.8) is 0 Å². The molecule has 0 saturated heterocycles. The molecule has 132 valence electrons. The number of anilines is 1. The quantitative estimate of drug-likeness (QED) is 0.377. The summed E-state index contributed by atoms with van der Waals surface area (Å²) in [6.07, 6.45) is 7.92. The summed E-state index contributed by atoms with van der Waals surface area (Å²) in [5.41, 5.74) is 2.03. The molecule has 0 fully saturated rings. The van der Waals surface area contributed by atoms with Crippen molar-refractivity contribution < 1.29 is 9.84 Å². The number of fused-ring (bicyclic) bond motifs is 1. The van der Waals surface area contributed by atoms with Crippen LogP contribution >= 0.6 is 15.9 Å². The van der Waals surface area contributed by atoms with Gasteiger partial charge in [-0.15, -0.1) is 0 Å². The third-order valence-corrected chi connectivity index (χ3v) is 4.35. The average Bonchev–Trinajstić information content (AvgIpc) is 3.27. The van der Waals surface area contributed by atoms with E-state index in [0.29, 0.717) is 29.5 Å². The molecule has 26 heavy (non-hydrogen) atoms. The topological polar surface area (TPSA) is 107 Å². The molecule has 4 aromatic heterocycles. The second-order valence-electron chi connectivity index (χ2n) is 5.58. The average molecular weight is 416 g/mol. The Kier molecular flexibility index (Phi) is 4.27. The lowest BCUT2D eigenvalue weighted by atomic mass is 10.3. The van der Waals surface area contributed by atoms with Crippen LogP contribution in [0.4, 0.5) is 5.82 Å². The van der Waals surface area contributed by atoms with Crippen molar-refractivity contribution in [2.24, 2.45) is 0 Å². The van der Waals surface area contributed by atoms with Crippen LogP contribution in [0, 0.1) is 5.21 Å². The molecule has 9 nitrogen and oxygen atoms in total. The van der Waals surface area contributed by atoms with Crippen molar-refractivity contribution in [3.05, 3.63) is 70.3 Å². The number of nitrogens with zero attached hydrogens (tertiary/aromatic N) is 6. The van der Waals surface area contributed by atoms with Crippen LogP contribution in [-0.2, 0) is 13.2 Å². The van der Waals surface area contributed by atoms with Gasteiger partial charge in [0.25, 0.3) is 0 Å². The number of aliphatic hydroxyl groups excluding tert-OH is 1. The monoisotopic (exact) mass is 415 g/mol. The van der Waals surface area contributed by atoms with Crippen LogP contribution in [0.3, 0.4) is 0 Å². The maximum Gasteiger partial charge on any atom is 0.185 e. The first-order valence-corrected chi connectivity index (χ1v) is 8.53. The fourth-order valence-corrected chi connectivity index (χ4v) is 2.90. The standard InChI is InChI=1S/C16H14BrN7O2/c17-13-6-20-24-14(18-5-11-2-1-3-23(26)7-11)4-15(21-16(13)24)22-8-12(9-25)19-10-22/h1-4,6-8,10,18,25H,5,9H2. The van der Waals surface area contributed by atoms with E-state index in [1.165, 1.54) is 12.4 Å². The highest BCUT2D eigenvalue weighted by Gasteiger charge is 2.12. The Bertz CT molecular complexity index is 1080. The van der Waals surface area contributed by atoms with Crippen LogP contribution in [0.1, 0.15) is 11.3 Å². The summed E-state index contributed by atoms with van der Waals surface area (Å²) in [6, 6.07) is 5.39. The van der Waals surface area contributed by atoms with Crippen LogP contribution in [0.2, 0.25) is 0 Å². The van der Waals surface area contributed by atoms with E-state index < -0.39 is 0 Å². The molecular formula is C16H14BrN7O2. The van der Waals surface area contributed by atoms with Crippen LogP contribution < -0.4 is 10.0 Å². The van der Waals surface area contributed by atoms with Gasteiger partial charge in [-0.1, -0.05) is 0 Å².